The smallest absolute Gasteiger partial charge is 0.219 e. The second-order valence-electron chi connectivity index (χ2n) is 7.24. The average molecular weight is 327 g/mol. The lowest BCUT2D eigenvalue weighted by molar-refractivity contribution is -0.130. The third-order valence-corrected chi connectivity index (χ3v) is 5.55. The summed E-state index contributed by atoms with van der Waals surface area (Å²) in [6, 6.07) is 6.77. The largest absolute Gasteiger partial charge is 0.440 e. The number of amides is 1. The van der Waals surface area contributed by atoms with Crippen LogP contribution in [0, 0.1) is 6.92 Å². The predicted molar refractivity (Wildman–Crippen MR) is 93.0 cm³/mol. The van der Waals surface area contributed by atoms with Crippen molar-refractivity contribution in [2.75, 3.05) is 26.2 Å². The van der Waals surface area contributed by atoms with Crippen LogP contribution in [0.4, 0.5) is 0 Å². The summed E-state index contributed by atoms with van der Waals surface area (Å²) in [6.07, 6.45) is 3.27. The minimum atomic E-state index is 0.203. The van der Waals surface area contributed by atoms with Gasteiger partial charge in [-0.25, -0.2) is 4.98 Å². The Bertz CT molecular complexity index is 746. The number of aryl methyl sites for hydroxylation is 1. The summed E-state index contributed by atoms with van der Waals surface area (Å²) in [5.74, 6) is 1.48. The van der Waals surface area contributed by atoms with Crippen molar-refractivity contribution < 1.29 is 9.21 Å². The van der Waals surface area contributed by atoms with Crippen molar-refractivity contribution in [1.82, 2.24) is 14.8 Å². The molecular weight excluding hydrogens is 302 g/mol. The zero-order chi connectivity index (χ0) is 16.7. The molecule has 0 unspecified atom stereocenters. The quantitative estimate of drug-likeness (QED) is 0.851. The number of nitrogens with zero attached hydrogens (tertiary/aromatic N) is 3. The highest BCUT2D eigenvalue weighted by Crippen LogP contribution is 2.32. The molecule has 0 N–H and O–H groups in total. The lowest BCUT2D eigenvalue weighted by Gasteiger charge is -2.36. The number of hydrogen-bond acceptors (Lipinski definition) is 4. The van der Waals surface area contributed by atoms with Crippen LogP contribution in [0.15, 0.2) is 22.6 Å². The summed E-state index contributed by atoms with van der Waals surface area (Å²) in [4.78, 5) is 20.7. The van der Waals surface area contributed by atoms with E-state index in [1.165, 1.54) is 5.56 Å². The molecule has 1 aromatic carbocycles. The Morgan fingerprint density at radius 2 is 2.00 bits per heavy atom. The first-order chi connectivity index (χ1) is 11.6. The number of piperidine rings is 1. The molecule has 2 fully saturated rings. The van der Waals surface area contributed by atoms with Crippen molar-refractivity contribution >= 4 is 17.0 Å². The van der Waals surface area contributed by atoms with Crippen LogP contribution in [-0.4, -0.2) is 52.9 Å². The molecule has 5 heteroatoms. The van der Waals surface area contributed by atoms with Gasteiger partial charge in [0.05, 0.1) is 0 Å². The van der Waals surface area contributed by atoms with E-state index in [0.29, 0.717) is 12.0 Å². The first-order valence-electron chi connectivity index (χ1n) is 8.97. The van der Waals surface area contributed by atoms with Crippen LogP contribution in [0.5, 0.6) is 0 Å². The van der Waals surface area contributed by atoms with Crippen molar-refractivity contribution in [2.24, 2.45) is 0 Å². The minimum absolute atomic E-state index is 0.203. The molecule has 1 atom stereocenters. The minimum Gasteiger partial charge on any atom is -0.440 e. The SMILES string of the molecule is CC(=O)N1CCC(N2CC[C@@H](c3nc4cc(C)ccc4o3)C2)CC1. The van der Waals surface area contributed by atoms with Gasteiger partial charge in [0.2, 0.25) is 5.91 Å². The normalized spacial score (nSPS) is 23.2. The Balaban J connectivity index is 1.41. The average Bonchev–Trinajstić information content (AvgIpc) is 3.21. The summed E-state index contributed by atoms with van der Waals surface area (Å²) in [7, 11) is 0. The first-order valence-corrected chi connectivity index (χ1v) is 8.97. The number of carbonyl (C=O) groups is 1. The van der Waals surface area contributed by atoms with Crippen molar-refractivity contribution in [2.45, 2.75) is 45.1 Å². The second kappa shape index (κ2) is 6.20. The van der Waals surface area contributed by atoms with Crippen LogP contribution in [0.3, 0.4) is 0 Å². The number of hydrogen-bond donors (Lipinski definition) is 0. The third-order valence-electron chi connectivity index (χ3n) is 5.55. The van der Waals surface area contributed by atoms with E-state index in [9.17, 15) is 4.79 Å². The van der Waals surface area contributed by atoms with Crippen LogP contribution in [0.25, 0.3) is 11.1 Å². The van der Waals surface area contributed by atoms with Crippen molar-refractivity contribution in [3.05, 3.63) is 29.7 Å². The summed E-state index contributed by atoms with van der Waals surface area (Å²) < 4.78 is 6.00. The molecule has 1 amide bonds. The molecule has 0 aliphatic carbocycles. The fourth-order valence-electron chi connectivity index (χ4n) is 4.10. The maximum atomic E-state index is 11.5. The van der Waals surface area contributed by atoms with Gasteiger partial charge in [0.15, 0.2) is 11.5 Å². The van der Waals surface area contributed by atoms with E-state index in [1.54, 1.807) is 6.92 Å². The number of benzene rings is 1. The molecule has 0 saturated carbocycles. The lowest BCUT2D eigenvalue weighted by atomic mass is 10.0. The molecule has 5 nitrogen and oxygen atoms in total. The van der Waals surface area contributed by atoms with Gasteiger partial charge < -0.3 is 9.32 Å². The number of oxazole rings is 1. The van der Waals surface area contributed by atoms with Gasteiger partial charge in [-0.3, -0.25) is 9.69 Å². The fraction of sp³-hybridized carbons (Fsp3) is 0.579. The molecule has 0 radical (unpaired) electrons. The van der Waals surface area contributed by atoms with Crippen LogP contribution >= 0.6 is 0 Å². The predicted octanol–water partition coefficient (Wildman–Crippen LogP) is 2.94. The molecule has 0 spiro atoms. The molecule has 0 bridgehead atoms. The molecule has 2 aliphatic rings. The standard InChI is InChI=1S/C19H25N3O2/c1-13-3-4-18-17(11-13)20-19(24-18)15-5-8-22(12-15)16-6-9-21(10-7-16)14(2)23/h3-4,11,15-16H,5-10,12H2,1-2H3/t15-/m1/s1. The van der Waals surface area contributed by atoms with E-state index < -0.39 is 0 Å². The van der Waals surface area contributed by atoms with Crippen molar-refractivity contribution in [3.8, 4) is 0 Å². The number of aromatic nitrogens is 1. The van der Waals surface area contributed by atoms with Gasteiger partial charge >= 0.3 is 0 Å². The molecule has 2 saturated heterocycles. The number of fused-ring (bicyclic) bond motifs is 1. The highest BCUT2D eigenvalue weighted by molar-refractivity contribution is 5.73. The van der Waals surface area contributed by atoms with E-state index in [2.05, 4.69) is 24.0 Å². The van der Waals surface area contributed by atoms with Gasteiger partial charge in [-0.1, -0.05) is 6.07 Å². The van der Waals surface area contributed by atoms with Crippen molar-refractivity contribution in [3.63, 3.8) is 0 Å². The maximum absolute atomic E-state index is 11.5. The maximum Gasteiger partial charge on any atom is 0.219 e. The summed E-state index contributed by atoms with van der Waals surface area (Å²) in [5, 5.41) is 0. The summed E-state index contributed by atoms with van der Waals surface area (Å²) in [6.45, 7) is 7.66. The van der Waals surface area contributed by atoms with E-state index in [0.717, 1.165) is 62.4 Å². The molecular formula is C19H25N3O2. The molecule has 1 aromatic heterocycles. The number of rotatable bonds is 2. The zero-order valence-electron chi connectivity index (χ0n) is 14.5. The van der Waals surface area contributed by atoms with E-state index in [1.807, 2.05) is 11.0 Å². The van der Waals surface area contributed by atoms with Crippen LogP contribution < -0.4 is 0 Å². The Kier molecular flexibility index (Phi) is 4.04. The molecule has 128 valence electrons. The van der Waals surface area contributed by atoms with E-state index in [-0.39, 0.29) is 5.91 Å². The van der Waals surface area contributed by atoms with E-state index >= 15 is 0 Å². The lowest BCUT2D eigenvalue weighted by Crippen LogP contribution is -2.45. The molecule has 2 aromatic rings. The Morgan fingerprint density at radius 1 is 1.21 bits per heavy atom. The Morgan fingerprint density at radius 3 is 2.75 bits per heavy atom. The molecule has 4 rings (SSSR count). The van der Waals surface area contributed by atoms with Gasteiger partial charge in [-0.2, -0.15) is 0 Å². The van der Waals surface area contributed by atoms with E-state index in [4.69, 9.17) is 9.40 Å². The van der Waals surface area contributed by atoms with Gasteiger partial charge in [-0.05, 0) is 50.4 Å². The highest BCUT2D eigenvalue weighted by atomic mass is 16.3. The van der Waals surface area contributed by atoms with Crippen LogP contribution in [-0.2, 0) is 4.79 Å². The number of likely N-dealkylation sites (tertiary alicyclic amines) is 2. The fourth-order valence-corrected chi connectivity index (χ4v) is 4.10. The van der Waals surface area contributed by atoms with Gasteiger partial charge in [0.25, 0.3) is 0 Å². The van der Waals surface area contributed by atoms with Crippen molar-refractivity contribution in [1.29, 1.82) is 0 Å². The van der Waals surface area contributed by atoms with Gasteiger partial charge in [0.1, 0.15) is 5.52 Å². The number of carbonyl (C=O) groups excluding carboxylic acids is 1. The molecule has 3 heterocycles. The topological polar surface area (TPSA) is 49.6 Å². The molecule has 24 heavy (non-hydrogen) atoms. The molecule has 2 aliphatic heterocycles. The summed E-state index contributed by atoms with van der Waals surface area (Å²) >= 11 is 0. The summed E-state index contributed by atoms with van der Waals surface area (Å²) in [5.41, 5.74) is 3.08. The monoisotopic (exact) mass is 327 g/mol. The van der Waals surface area contributed by atoms with Gasteiger partial charge in [0, 0.05) is 38.5 Å². The highest BCUT2D eigenvalue weighted by Gasteiger charge is 2.33. The Labute approximate surface area is 142 Å². The first kappa shape index (κ1) is 15.6. The van der Waals surface area contributed by atoms with Crippen LogP contribution in [0.2, 0.25) is 0 Å². The zero-order valence-corrected chi connectivity index (χ0v) is 14.5. The van der Waals surface area contributed by atoms with Gasteiger partial charge in [-0.15, -0.1) is 0 Å². The second-order valence-corrected chi connectivity index (χ2v) is 7.24. The Hall–Kier alpha value is -1.88. The van der Waals surface area contributed by atoms with Crippen LogP contribution in [0.1, 0.15) is 43.6 Å². The third kappa shape index (κ3) is 2.93.